The molecule has 2 heterocycles. The summed E-state index contributed by atoms with van der Waals surface area (Å²) in [5.74, 6) is 0.621. The third-order valence-electron chi connectivity index (χ3n) is 5.35. The molecule has 1 fully saturated rings. The van der Waals surface area contributed by atoms with E-state index < -0.39 is 0 Å². The molecule has 2 unspecified atom stereocenters. The van der Waals surface area contributed by atoms with E-state index in [9.17, 15) is 9.59 Å². The van der Waals surface area contributed by atoms with Crippen LogP contribution in [-0.2, 0) is 17.0 Å². The van der Waals surface area contributed by atoms with Crippen molar-refractivity contribution in [1.82, 2.24) is 15.2 Å². The highest BCUT2D eigenvalue weighted by atomic mass is 32.2. The topological polar surface area (TPSA) is 71.5 Å². The van der Waals surface area contributed by atoms with Crippen molar-refractivity contribution in [2.24, 2.45) is 0 Å². The Hall–Kier alpha value is -2.68. The SMILES string of the molecule is CC1CN(C(=O)c2ccc(CNC(=O)c3ccccc3SCc3cscn3)cc2)CC(C)O1. The van der Waals surface area contributed by atoms with E-state index in [2.05, 4.69) is 10.3 Å². The molecule has 0 radical (unpaired) electrons. The molecule has 33 heavy (non-hydrogen) atoms. The molecule has 1 saturated heterocycles. The molecule has 0 spiro atoms. The fourth-order valence-corrected chi connectivity index (χ4v) is 5.43. The van der Waals surface area contributed by atoms with Gasteiger partial charge in [0.15, 0.2) is 0 Å². The number of morpholine rings is 1. The molecule has 2 atom stereocenters. The second-order valence-corrected chi connectivity index (χ2v) is 9.85. The van der Waals surface area contributed by atoms with E-state index in [0.717, 1.165) is 21.9 Å². The number of hydrogen-bond donors (Lipinski definition) is 1. The number of aromatic nitrogens is 1. The van der Waals surface area contributed by atoms with Crippen molar-refractivity contribution in [3.05, 3.63) is 81.8 Å². The van der Waals surface area contributed by atoms with Gasteiger partial charge < -0.3 is 15.0 Å². The summed E-state index contributed by atoms with van der Waals surface area (Å²) in [4.78, 5) is 32.7. The van der Waals surface area contributed by atoms with E-state index in [4.69, 9.17) is 4.74 Å². The Morgan fingerprint density at radius 1 is 1.12 bits per heavy atom. The van der Waals surface area contributed by atoms with Gasteiger partial charge in [0.25, 0.3) is 11.8 Å². The number of hydrogen-bond acceptors (Lipinski definition) is 6. The molecule has 1 N–H and O–H groups in total. The van der Waals surface area contributed by atoms with Gasteiger partial charge in [-0.05, 0) is 43.7 Å². The third kappa shape index (κ3) is 6.22. The van der Waals surface area contributed by atoms with Crippen LogP contribution in [0.15, 0.2) is 64.3 Å². The highest BCUT2D eigenvalue weighted by molar-refractivity contribution is 7.98. The molecular formula is C25H27N3O3S2. The highest BCUT2D eigenvalue weighted by Gasteiger charge is 2.26. The first-order valence-electron chi connectivity index (χ1n) is 10.9. The highest BCUT2D eigenvalue weighted by Crippen LogP contribution is 2.26. The molecule has 1 aromatic heterocycles. The Morgan fingerprint density at radius 3 is 2.55 bits per heavy atom. The summed E-state index contributed by atoms with van der Waals surface area (Å²) in [5.41, 5.74) is 5.07. The van der Waals surface area contributed by atoms with Crippen LogP contribution in [0.3, 0.4) is 0 Å². The van der Waals surface area contributed by atoms with Gasteiger partial charge in [0.05, 0.1) is 29.0 Å². The molecule has 1 aliphatic heterocycles. The first-order valence-corrected chi connectivity index (χ1v) is 12.8. The zero-order valence-corrected chi connectivity index (χ0v) is 20.3. The summed E-state index contributed by atoms with van der Waals surface area (Å²) < 4.78 is 5.72. The quantitative estimate of drug-likeness (QED) is 0.499. The molecule has 2 aromatic carbocycles. The number of rotatable bonds is 7. The van der Waals surface area contributed by atoms with Crippen molar-refractivity contribution in [3.8, 4) is 0 Å². The molecule has 3 aromatic rings. The van der Waals surface area contributed by atoms with Crippen LogP contribution < -0.4 is 5.32 Å². The van der Waals surface area contributed by atoms with E-state index in [1.807, 2.05) is 78.2 Å². The molecule has 4 rings (SSSR count). The molecule has 172 valence electrons. The molecule has 0 bridgehead atoms. The molecule has 0 saturated carbocycles. The third-order valence-corrected chi connectivity index (χ3v) is 7.09. The minimum absolute atomic E-state index is 0.0126. The fourth-order valence-electron chi connectivity index (χ4n) is 3.81. The molecule has 0 aliphatic carbocycles. The average Bonchev–Trinajstić information content (AvgIpc) is 3.34. The number of carbonyl (C=O) groups is 2. The lowest BCUT2D eigenvalue weighted by atomic mass is 10.1. The number of nitrogens with one attached hydrogen (secondary N) is 1. The molecule has 6 nitrogen and oxygen atoms in total. The predicted octanol–water partition coefficient (Wildman–Crippen LogP) is 4.61. The molecule has 8 heteroatoms. The van der Waals surface area contributed by atoms with E-state index in [1.165, 1.54) is 0 Å². The van der Waals surface area contributed by atoms with Crippen LogP contribution in [0.4, 0.5) is 0 Å². The normalized spacial score (nSPS) is 18.2. The number of benzene rings is 2. The summed E-state index contributed by atoms with van der Waals surface area (Å²) in [6.07, 6.45) is 0.0736. The maximum atomic E-state index is 12.8. The first kappa shape index (κ1) is 23.5. The number of nitrogens with zero attached hydrogens (tertiary/aromatic N) is 2. The van der Waals surface area contributed by atoms with Crippen molar-refractivity contribution in [1.29, 1.82) is 0 Å². The van der Waals surface area contributed by atoms with Crippen LogP contribution in [0.5, 0.6) is 0 Å². The molecule has 2 amide bonds. The second kappa shape index (κ2) is 11.0. The largest absolute Gasteiger partial charge is 0.372 e. The Bertz CT molecular complexity index is 1080. The number of carbonyl (C=O) groups excluding carboxylic acids is 2. The van der Waals surface area contributed by atoms with Gasteiger partial charge in [0, 0.05) is 41.2 Å². The standard InChI is InChI=1S/C25H27N3O3S2/c1-17-12-28(13-18(2)31-17)25(30)20-9-7-19(8-10-20)11-26-24(29)22-5-3-4-6-23(22)33-15-21-14-32-16-27-21/h3-10,14,16-18H,11-13,15H2,1-2H3,(H,26,29). The van der Waals surface area contributed by atoms with Gasteiger partial charge in [0.1, 0.15) is 0 Å². The summed E-state index contributed by atoms with van der Waals surface area (Å²) in [5, 5.41) is 5.01. The van der Waals surface area contributed by atoms with Crippen molar-refractivity contribution in [3.63, 3.8) is 0 Å². The maximum absolute atomic E-state index is 12.8. The van der Waals surface area contributed by atoms with E-state index >= 15 is 0 Å². The van der Waals surface area contributed by atoms with E-state index in [1.54, 1.807) is 23.1 Å². The average molecular weight is 482 g/mol. The zero-order valence-electron chi connectivity index (χ0n) is 18.7. The predicted molar refractivity (Wildman–Crippen MR) is 132 cm³/mol. The van der Waals surface area contributed by atoms with Crippen LogP contribution in [0.2, 0.25) is 0 Å². The molecular weight excluding hydrogens is 454 g/mol. The lowest BCUT2D eigenvalue weighted by molar-refractivity contribution is -0.0586. The Balaban J connectivity index is 1.34. The Labute approximate surface area is 202 Å². The van der Waals surface area contributed by atoms with Crippen LogP contribution in [0, 0.1) is 0 Å². The van der Waals surface area contributed by atoms with Crippen LogP contribution in [0.1, 0.15) is 45.8 Å². The van der Waals surface area contributed by atoms with Crippen LogP contribution in [0.25, 0.3) is 0 Å². The Kier molecular flexibility index (Phi) is 7.80. The van der Waals surface area contributed by atoms with Crippen molar-refractivity contribution in [2.45, 2.75) is 43.2 Å². The van der Waals surface area contributed by atoms with Crippen molar-refractivity contribution >= 4 is 34.9 Å². The summed E-state index contributed by atoms with van der Waals surface area (Å²) in [6.45, 7) is 5.56. The number of thiazole rings is 1. The fraction of sp³-hybridized carbons (Fsp3) is 0.320. The van der Waals surface area contributed by atoms with Gasteiger partial charge in [-0.3, -0.25) is 9.59 Å². The Morgan fingerprint density at radius 2 is 1.85 bits per heavy atom. The number of ether oxygens (including phenoxy) is 1. The van der Waals surface area contributed by atoms with Gasteiger partial charge in [-0.15, -0.1) is 23.1 Å². The summed E-state index contributed by atoms with van der Waals surface area (Å²) >= 11 is 3.17. The zero-order chi connectivity index (χ0) is 23.2. The van der Waals surface area contributed by atoms with Gasteiger partial charge in [-0.2, -0.15) is 0 Å². The maximum Gasteiger partial charge on any atom is 0.254 e. The van der Waals surface area contributed by atoms with Gasteiger partial charge in [-0.1, -0.05) is 24.3 Å². The first-order chi connectivity index (χ1) is 16.0. The monoisotopic (exact) mass is 481 g/mol. The van der Waals surface area contributed by atoms with Gasteiger partial charge in [0.2, 0.25) is 0 Å². The molecule has 1 aliphatic rings. The minimum Gasteiger partial charge on any atom is -0.372 e. The van der Waals surface area contributed by atoms with Crippen LogP contribution >= 0.6 is 23.1 Å². The number of thioether (sulfide) groups is 1. The number of amides is 2. The lowest BCUT2D eigenvalue weighted by Gasteiger charge is -2.35. The lowest BCUT2D eigenvalue weighted by Crippen LogP contribution is -2.48. The smallest absolute Gasteiger partial charge is 0.254 e. The van der Waals surface area contributed by atoms with E-state index in [0.29, 0.717) is 30.8 Å². The minimum atomic E-state index is -0.118. The van der Waals surface area contributed by atoms with E-state index in [-0.39, 0.29) is 24.0 Å². The van der Waals surface area contributed by atoms with Gasteiger partial charge >= 0.3 is 0 Å². The van der Waals surface area contributed by atoms with Crippen LogP contribution in [-0.4, -0.2) is 47.0 Å². The second-order valence-electron chi connectivity index (χ2n) is 8.11. The summed E-state index contributed by atoms with van der Waals surface area (Å²) in [6, 6.07) is 15.0. The van der Waals surface area contributed by atoms with Crippen molar-refractivity contribution < 1.29 is 14.3 Å². The summed E-state index contributed by atoms with van der Waals surface area (Å²) in [7, 11) is 0. The van der Waals surface area contributed by atoms with Gasteiger partial charge in [-0.25, -0.2) is 4.98 Å². The van der Waals surface area contributed by atoms with Crippen molar-refractivity contribution in [2.75, 3.05) is 13.1 Å².